The highest BCUT2D eigenvalue weighted by atomic mass is 16.3. The molecular formula is C21H28N2O2. The van der Waals surface area contributed by atoms with Gasteiger partial charge in [0.25, 0.3) is 0 Å². The van der Waals surface area contributed by atoms with E-state index in [0.29, 0.717) is 13.1 Å². The number of hydrogen-bond donors (Lipinski definition) is 3. The van der Waals surface area contributed by atoms with E-state index in [9.17, 15) is 10.2 Å². The minimum absolute atomic E-state index is 0.415. The summed E-state index contributed by atoms with van der Waals surface area (Å²) in [4.78, 5) is 0. The molecule has 4 nitrogen and oxygen atoms in total. The molecule has 0 aliphatic heterocycles. The first kappa shape index (κ1) is 17.9. The molecule has 3 N–H and O–H groups in total. The number of aliphatic hydroxyl groups is 2. The van der Waals surface area contributed by atoms with Crippen molar-refractivity contribution in [3.05, 3.63) is 48.5 Å². The second kappa shape index (κ2) is 6.45. The van der Waals surface area contributed by atoms with Crippen LogP contribution in [0.25, 0.3) is 21.8 Å². The average molecular weight is 340 g/mol. The number of β-amino-alcohol motifs (C(OH)–C–C–N with tert-alkyl or cyclic N) is 1. The first-order valence-electron chi connectivity index (χ1n) is 8.82. The number of benzene rings is 2. The number of hydrogen-bond acceptors (Lipinski definition) is 3. The first-order valence-corrected chi connectivity index (χ1v) is 8.82. The van der Waals surface area contributed by atoms with Crippen molar-refractivity contribution in [2.75, 3.05) is 6.54 Å². The standard InChI is InChI=1S/C21H28N2O2/c1-20(2,21(3,4)25)22-13-15(24)14-23-18-11-7-5-9-16(18)17-10-6-8-12-19(17)23/h5-12,15,22,24-25H,13-14H2,1-4H3. The Hall–Kier alpha value is -1.88. The summed E-state index contributed by atoms with van der Waals surface area (Å²) in [7, 11) is 0. The Kier molecular flexibility index (Phi) is 4.62. The number of fused-ring (bicyclic) bond motifs is 3. The molecule has 134 valence electrons. The van der Waals surface area contributed by atoms with Gasteiger partial charge < -0.3 is 20.1 Å². The highest BCUT2D eigenvalue weighted by Crippen LogP contribution is 2.29. The van der Waals surface area contributed by atoms with Crippen molar-refractivity contribution < 1.29 is 10.2 Å². The van der Waals surface area contributed by atoms with Crippen LogP contribution in [-0.4, -0.2) is 38.6 Å². The van der Waals surface area contributed by atoms with Crippen LogP contribution in [0.15, 0.2) is 48.5 Å². The maximum atomic E-state index is 10.6. The lowest BCUT2D eigenvalue weighted by Crippen LogP contribution is -2.57. The second-order valence-electron chi connectivity index (χ2n) is 7.86. The summed E-state index contributed by atoms with van der Waals surface area (Å²) < 4.78 is 2.17. The minimum atomic E-state index is -0.875. The fourth-order valence-electron chi connectivity index (χ4n) is 3.06. The van der Waals surface area contributed by atoms with Gasteiger partial charge in [-0.1, -0.05) is 36.4 Å². The largest absolute Gasteiger partial charge is 0.390 e. The van der Waals surface area contributed by atoms with Gasteiger partial charge in [-0.3, -0.25) is 0 Å². The molecule has 1 heterocycles. The highest BCUT2D eigenvalue weighted by molar-refractivity contribution is 6.07. The zero-order valence-electron chi connectivity index (χ0n) is 15.5. The molecular weight excluding hydrogens is 312 g/mol. The lowest BCUT2D eigenvalue weighted by Gasteiger charge is -2.38. The molecule has 4 heteroatoms. The number of nitrogens with zero attached hydrogens (tertiary/aromatic N) is 1. The van der Waals surface area contributed by atoms with Crippen molar-refractivity contribution >= 4 is 21.8 Å². The molecule has 1 aromatic heterocycles. The third-order valence-corrected chi connectivity index (χ3v) is 5.38. The van der Waals surface area contributed by atoms with Gasteiger partial charge >= 0.3 is 0 Å². The molecule has 3 rings (SSSR count). The van der Waals surface area contributed by atoms with Crippen molar-refractivity contribution in [2.45, 2.75) is 51.5 Å². The van der Waals surface area contributed by atoms with Gasteiger partial charge in [-0.15, -0.1) is 0 Å². The Balaban J connectivity index is 1.85. The van der Waals surface area contributed by atoms with Crippen molar-refractivity contribution in [2.24, 2.45) is 0 Å². The van der Waals surface area contributed by atoms with Gasteiger partial charge in [0.1, 0.15) is 0 Å². The van der Waals surface area contributed by atoms with E-state index < -0.39 is 17.2 Å². The van der Waals surface area contributed by atoms with E-state index in [4.69, 9.17) is 0 Å². The normalized spacial score (nSPS) is 14.3. The molecule has 0 aliphatic rings. The zero-order valence-corrected chi connectivity index (χ0v) is 15.5. The summed E-state index contributed by atoms with van der Waals surface area (Å²) in [5, 5.41) is 26.6. The topological polar surface area (TPSA) is 57.4 Å². The Morgan fingerprint density at radius 2 is 1.40 bits per heavy atom. The molecule has 0 saturated carbocycles. The van der Waals surface area contributed by atoms with E-state index in [1.54, 1.807) is 13.8 Å². The number of aromatic nitrogens is 1. The van der Waals surface area contributed by atoms with Crippen LogP contribution in [0.2, 0.25) is 0 Å². The maximum Gasteiger partial charge on any atom is 0.0843 e. The quantitative estimate of drug-likeness (QED) is 0.645. The Morgan fingerprint density at radius 1 is 0.920 bits per heavy atom. The van der Waals surface area contributed by atoms with Crippen LogP contribution < -0.4 is 5.32 Å². The molecule has 2 aromatic carbocycles. The number of rotatable bonds is 6. The summed E-state index contributed by atoms with van der Waals surface area (Å²) in [5.41, 5.74) is 0.892. The number of aliphatic hydroxyl groups excluding tert-OH is 1. The van der Waals surface area contributed by atoms with Gasteiger partial charge in [-0.2, -0.15) is 0 Å². The van der Waals surface area contributed by atoms with Gasteiger partial charge in [0.15, 0.2) is 0 Å². The Labute approximate surface area is 149 Å². The molecule has 0 saturated heterocycles. The lowest BCUT2D eigenvalue weighted by molar-refractivity contribution is -0.0103. The molecule has 0 aliphatic carbocycles. The highest BCUT2D eigenvalue weighted by Gasteiger charge is 2.34. The minimum Gasteiger partial charge on any atom is -0.390 e. The second-order valence-corrected chi connectivity index (χ2v) is 7.86. The summed E-state index contributed by atoms with van der Waals surface area (Å²) in [6.07, 6.45) is -0.555. The van der Waals surface area contributed by atoms with Crippen molar-refractivity contribution in [3.8, 4) is 0 Å². The molecule has 0 fully saturated rings. The summed E-state index contributed by atoms with van der Waals surface area (Å²) in [6.45, 7) is 8.36. The molecule has 1 unspecified atom stereocenters. The maximum absolute atomic E-state index is 10.6. The predicted molar refractivity (Wildman–Crippen MR) is 104 cm³/mol. The average Bonchev–Trinajstić information content (AvgIpc) is 2.87. The summed E-state index contributed by atoms with van der Waals surface area (Å²) in [6, 6.07) is 16.6. The molecule has 0 spiro atoms. The van der Waals surface area contributed by atoms with Crippen molar-refractivity contribution in [1.29, 1.82) is 0 Å². The first-order chi connectivity index (χ1) is 11.7. The van der Waals surface area contributed by atoms with Crippen LogP contribution in [0.3, 0.4) is 0 Å². The van der Waals surface area contributed by atoms with Crippen LogP contribution in [0.4, 0.5) is 0 Å². The van der Waals surface area contributed by atoms with E-state index in [-0.39, 0.29) is 0 Å². The van der Waals surface area contributed by atoms with E-state index in [2.05, 4.69) is 34.1 Å². The predicted octanol–water partition coefficient (Wildman–Crippen LogP) is 3.29. The molecule has 1 atom stereocenters. The van der Waals surface area contributed by atoms with Gasteiger partial charge in [0.2, 0.25) is 0 Å². The monoisotopic (exact) mass is 340 g/mol. The fraction of sp³-hybridized carbons (Fsp3) is 0.429. The fourth-order valence-corrected chi connectivity index (χ4v) is 3.06. The summed E-state index contributed by atoms with van der Waals surface area (Å²) >= 11 is 0. The van der Waals surface area contributed by atoms with Crippen molar-refractivity contribution in [1.82, 2.24) is 9.88 Å². The Morgan fingerprint density at radius 3 is 1.88 bits per heavy atom. The lowest BCUT2D eigenvalue weighted by atomic mass is 9.86. The number of para-hydroxylation sites is 2. The molecule has 3 aromatic rings. The Bertz CT molecular complexity index is 821. The molecule has 0 radical (unpaired) electrons. The van der Waals surface area contributed by atoms with Crippen LogP contribution in [0.1, 0.15) is 27.7 Å². The molecule has 0 bridgehead atoms. The van der Waals surface area contributed by atoms with Crippen LogP contribution >= 0.6 is 0 Å². The van der Waals surface area contributed by atoms with Crippen molar-refractivity contribution in [3.63, 3.8) is 0 Å². The van der Waals surface area contributed by atoms with Gasteiger partial charge in [-0.05, 0) is 39.8 Å². The zero-order chi connectivity index (χ0) is 18.2. The third kappa shape index (κ3) is 3.43. The van der Waals surface area contributed by atoms with E-state index in [1.807, 2.05) is 38.1 Å². The van der Waals surface area contributed by atoms with Gasteiger partial charge in [0.05, 0.1) is 18.2 Å². The van der Waals surface area contributed by atoms with E-state index in [0.717, 1.165) is 11.0 Å². The van der Waals surface area contributed by atoms with Gasteiger partial charge in [-0.25, -0.2) is 0 Å². The van der Waals surface area contributed by atoms with E-state index in [1.165, 1.54) is 10.8 Å². The van der Waals surface area contributed by atoms with Gasteiger partial charge in [0, 0.05) is 33.9 Å². The molecule has 25 heavy (non-hydrogen) atoms. The third-order valence-electron chi connectivity index (χ3n) is 5.38. The SMILES string of the molecule is CC(C)(O)C(C)(C)NCC(O)Cn1c2ccccc2c2ccccc21. The van der Waals surface area contributed by atoms with E-state index >= 15 is 0 Å². The van der Waals surface area contributed by atoms with Crippen LogP contribution in [-0.2, 0) is 6.54 Å². The van der Waals surface area contributed by atoms with Crippen LogP contribution in [0.5, 0.6) is 0 Å². The molecule has 0 amide bonds. The summed E-state index contributed by atoms with van der Waals surface area (Å²) in [5.74, 6) is 0. The van der Waals surface area contributed by atoms with Crippen LogP contribution in [0, 0.1) is 0 Å². The number of nitrogens with one attached hydrogen (secondary N) is 1. The smallest absolute Gasteiger partial charge is 0.0843 e.